The van der Waals surface area contributed by atoms with Crippen molar-refractivity contribution in [3.8, 4) is 0 Å². The van der Waals surface area contributed by atoms with Crippen LogP contribution in [0.15, 0.2) is 48.5 Å². The van der Waals surface area contributed by atoms with Crippen molar-refractivity contribution in [1.82, 2.24) is 4.98 Å². The van der Waals surface area contributed by atoms with Crippen LogP contribution >= 0.6 is 11.3 Å². The summed E-state index contributed by atoms with van der Waals surface area (Å²) in [6.45, 7) is 1.95. The van der Waals surface area contributed by atoms with E-state index in [1.54, 1.807) is 23.5 Å². The van der Waals surface area contributed by atoms with E-state index in [4.69, 9.17) is 5.73 Å². The highest BCUT2D eigenvalue weighted by Gasteiger charge is 2.23. The van der Waals surface area contributed by atoms with Crippen molar-refractivity contribution in [3.05, 3.63) is 64.9 Å². The molecule has 0 spiro atoms. The van der Waals surface area contributed by atoms with E-state index in [1.807, 2.05) is 25.1 Å². The highest BCUT2D eigenvalue weighted by atomic mass is 32.1. The summed E-state index contributed by atoms with van der Waals surface area (Å²) in [5, 5.41) is 1.00. The molecular formula is C16H15FN2S. The molecule has 0 saturated carbocycles. The topological polar surface area (TPSA) is 38.9 Å². The first kappa shape index (κ1) is 13.2. The van der Waals surface area contributed by atoms with Gasteiger partial charge >= 0.3 is 0 Å². The highest BCUT2D eigenvalue weighted by Crippen LogP contribution is 2.28. The molecule has 0 aliphatic heterocycles. The fourth-order valence-electron chi connectivity index (χ4n) is 2.24. The van der Waals surface area contributed by atoms with Gasteiger partial charge < -0.3 is 5.73 Å². The predicted molar refractivity (Wildman–Crippen MR) is 81.3 cm³/mol. The van der Waals surface area contributed by atoms with Gasteiger partial charge in [0.1, 0.15) is 5.82 Å². The number of aromatic nitrogens is 1. The average molecular weight is 286 g/mol. The van der Waals surface area contributed by atoms with E-state index < -0.39 is 5.54 Å². The van der Waals surface area contributed by atoms with Gasteiger partial charge in [-0.2, -0.15) is 0 Å². The Morgan fingerprint density at radius 1 is 1.15 bits per heavy atom. The van der Waals surface area contributed by atoms with E-state index in [1.165, 1.54) is 12.1 Å². The van der Waals surface area contributed by atoms with E-state index >= 15 is 0 Å². The Morgan fingerprint density at radius 3 is 2.55 bits per heavy atom. The molecule has 0 fully saturated rings. The number of rotatable bonds is 3. The number of para-hydroxylation sites is 1. The summed E-state index contributed by atoms with van der Waals surface area (Å²) in [5.74, 6) is -0.246. The second-order valence-corrected chi connectivity index (χ2v) is 6.29. The zero-order chi connectivity index (χ0) is 14.2. The molecular weight excluding hydrogens is 271 g/mol. The van der Waals surface area contributed by atoms with Crippen LogP contribution < -0.4 is 5.73 Å². The molecule has 4 heteroatoms. The molecule has 0 aliphatic rings. The van der Waals surface area contributed by atoms with Gasteiger partial charge in [-0.05, 0) is 36.8 Å². The number of hydrogen-bond donors (Lipinski definition) is 1. The zero-order valence-electron chi connectivity index (χ0n) is 11.1. The van der Waals surface area contributed by atoms with E-state index in [2.05, 4.69) is 11.1 Å². The third kappa shape index (κ3) is 2.57. The fraction of sp³-hybridized carbons (Fsp3) is 0.188. The van der Waals surface area contributed by atoms with Crippen LogP contribution in [0.5, 0.6) is 0 Å². The van der Waals surface area contributed by atoms with Crippen molar-refractivity contribution >= 4 is 21.6 Å². The summed E-state index contributed by atoms with van der Waals surface area (Å²) in [4.78, 5) is 4.61. The maximum atomic E-state index is 13.0. The van der Waals surface area contributed by atoms with Crippen LogP contribution in [0.2, 0.25) is 0 Å². The van der Waals surface area contributed by atoms with Gasteiger partial charge in [0, 0.05) is 12.0 Å². The number of thiazole rings is 1. The molecule has 0 bridgehead atoms. The Kier molecular flexibility index (Phi) is 3.28. The molecule has 0 saturated heterocycles. The molecule has 1 aromatic heterocycles. The van der Waals surface area contributed by atoms with Crippen LogP contribution in [0.4, 0.5) is 4.39 Å². The number of fused-ring (bicyclic) bond motifs is 1. The Hall–Kier alpha value is -1.78. The van der Waals surface area contributed by atoms with Gasteiger partial charge in [0.15, 0.2) is 0 Å². The Balaban J connectivity index is 1.90. The van der Waals surface area contributed by atoms with Crippen LogP contribution in [-0.2, 0) is 12.0 Å². The number of nitrogens with zero attached hydrogens (tertiary/aromatic N) is 1. The lowest BCUT2D eigenvalue weighted by Gasteiger charge is -2.24. The maximum Gasteiger partial charge on any atom is 0.123 e. The number of benzene rings is 2. The summed E-state index contributed by atoms with van der Waals surface area (Å²) >= 11 is 1.66. The second kappa shape index (κ2) is 4.96. The van der Waals surface area contributed by atoms with Gasteiger partial charge in [0.25, 0.3) is 0 Å². The third-order valence-corrected chi connectivity index (χ3v) is 4.40. The van der Waals surface area contributed by atoms with Crippen LogP contribution in [0.25, 0.3) is 10.2 Å². The van der Waals surface area contributed by atoms with Crippen LogP contribution in [-0.4, -0.2) is 4.98 Å². The molecule has 1 unspecified atom stereocenters. The largest absolute Gasteiger partial charge is 0.321 e. The fourth-order valence-corrected chi connectivity index (χ4v) is 3.38. The Morgan fingerprint density at radius 2 is 1.85 bits per heavy atom. The third-order valence-electron chi connectivity index (χ3n) is 3.36. The zero-order valence-corrected chi connectivity index (χ0v) is 12.0. The molecule has 2 N–H and O–H groups in total. The average Bonchev–Trinajstić information content (AvgIpc) is 2.80. The van der Waals surface area contributed by atoms with E-state index in [9.17, 15) is 4.39 Å². The predicted octanol–water partition coefficient (Wildman–Crippen LogP) is 3.85. The lowest BCUT2D eigenvalue weighted by molar-refractivity contribution is 0.489. The van der Waals surface area contributed by atoms with Gasteiger partial charge in [0.05, 0.1) is 15.2 Å². The molecule has 3 aromatic rings. The molecule has 1 atom stereocenters. The summed E-state index contributed by atoms with van der Waals surface area (Å²) < 4.78 is 14.2. The van der Waals surface area contributed by atoms with Gasteiger partial charge in [-0.3, -0.25) is 0 Å². The first-order valence-electron chi connectivity index (χ1n) is 6.44. The van der Waals surface area contributed by atoms with Crippen LogP contribution in [0, 0.1) is 5.82 Å². The van der Waals surface area contributed by atoms with Crippen molar-refractivity contribution in [1.29, 1.82) is 0 Å². The molecule has 0 aliphatic carbocycles. The van der Waals surface area contributed by atoms with Gasteiger partial charge in [-0.15, -0.1) is 11.3 Å². The van der Waals surface area contributed by atoms with Crippen LogP contribution in [0.3, 0.4) is 0 Å². The standard InChI is InChI=1S/C16H15FN2S/c1-16(18,11-6-8-12(17)9-7-11)10-15-19-13-4-2-3-5-14(13)20-15/h2-9H,10,18H2,1H3. The van der Waals surface area contributed by atoms with E-state index in [0.29, 0.717) is 6.42 Å². The van der Waals surface area contributed by atoms with Crippen LogP contribution in [0.1, 0.15) is 17.5 Å². The second-order valence-electron chi connectivity index (χ2n) is 5.18. The molecule has 3 rings (SSSR count). The molecule has 1 heterocycles. The summed E-state index contributed by atoms with van der Waals surface area (Å²) in [7, 11) is 0. The quantitative estimate of drug-likeness (QED) is 0.794. The van der Waals surface area contributed by atoms with Crippen molar-refractivity contribution in [2.45, 2.75) is 18.9 Å². The summed E-state index contributed by atoms with van der Waals surface area (Å²) in [5.41, 5.74) is 7.75. The van der Waals surface area contributed by atoms with E-state index in [-0.39, 0.29) is 5.82 Å². The monoisotopic (exact) mass is 286 g/mol. The number of halogens is 1. The molecule has 20 heavy (non-hydrogen) atoms. The minimum Gasteiger partial charge on any atom is -0.321 e. The Labute approximate surface area is 121 Å². The highest BCUT2D eigenvalue weighted by molar-refractivity contribution is 7.18. The summed E-state index contributed by atoms with van der Waals surface area (Å²) in [6.07, 6.45) is 0.637. The van der Waals surface area contributed by atoms with Gasteiger partial charge in [0.2, 0.25) is 0 Å². The van der Waals surface area contributed by atoms with Crippen molar-refractivity contribution in [2.75, 3.05) is 0 Å². The van der Waals surface area contributed by atoms with Crippen molar-refractivity contribution in [2.24, 2.45) is 5.73 Å². The molecule has 2 nitrogen and oxygen atoms in total. The van der Waals surface area contributed by atoms with Gasteiger partial charge in [-0.1, -0.05) is 24.3 Å². The lowest BCUT2D eigenvalue weighted by Crippen LogP contribution is -2.35. The van der Waals surface area contributed by atoms with E-state index in [0.717, 1.165) is 20.8 Å². The minimum atomic E-state index is -0.554. The molecule has 0 amide bonds. The maximum absolute atomic E-state index is 13.0. The summed E-state index contributed by atoms with van der Waals surface area (Å²) in [6, 6.07) is 14.4. The van der Waals surface area contributed by atoms with Crippen molar-refractivity contribution < 1.29 is 4.39 Å². The first-order chi connectivity index (χ1) is 9.54. The lowest BCUT2D eigenvalue weighted by atomic mass is 9.90. The SMILES string of the molecule is CC(N)(Cc1nc2ccccc2s1)c1ccc(F)cc1. The molecule has 2 aromatic carbocycles. The Bertz CT molecular complexity index is 699. The number of hydrogen-bond acceptors (Lipinski definition) is 3. The number of nitrogens with two attached hydrogens (primary N) is 1. The molecule has 0 radical (unpaired) electrons. The molecule has 102 valence electrons. The first-order valence-corrected chi connectivity index (χ1v) is 7.26. The normalized spacial score (nSPS) is 14.3. The minimum absolute atomic E-state index is 0.246. The van der Waals surface area contributed by atoms with Gasteiger partial charge in [-0.25, -0.2) is 9.37 Å². The van der Waals surface area contributed by atoms with Crippen molar-refractivity contribution in [3.63, 3.8) is 0 Å². The smallest absolute Gasteiger partial charge is 0.123 e.